The lowest BCUT2D eigenvalue weighted by atomic mass is 10.1. The summed E-state index contributed by atoms with van der Waals surface area (Å²) < 4.78 is 18.5. The molecule has 2 heterocycles. The van der Waals surface area contributed by atoms with Crippen LogP contribution in [-0.2, 0) is 22.5 Å². The molecule has 1 N–H and O–H groups in total. The number of hydrogen-bond acceptors (Lipinski definition) is 5. The van der Waals surface area contributed by atoms with Crippen molar-refractivity contribution >= 4 is 24.0 Å². The maximum absolute atomic E-state index is 13.4. The van der Waals surface area contributed by atoms with Crippen molar-refractivity contribution in [3.8, 4) is 0 Å². The van der Waals surface area contributed by atoms with Crippen molar-refractivity contribution < 1.29 is 13.9 Å². The van der Waals surface area contributed by atoms with Crippen molar-refractivity contribution in [1.29, 1.82) is 0 Å². The minimum atomic E-state index is -0.259. The maximum Gasteiger partial charge on any atom is 0.214 e. The highest BCUT2D eigenvalue weighted by atomic mass is 19.1. The predicted molar refractivity (Wildman–Crippen MR) is 120 cm³/mol. The molecule has 1 amide bonds. The standard InChI is InChI=1S/C24H25FN4O2/c1-31-14-4-8-22-9-10-23(29(18-30)17-20-6-3-12-26-16-20)24(28-22)27-13-11-19-5-2-7-21(25)15-19/h2-10,12,15-16,18H,11,13-14,17H2,1H3,(H,27,28)/b8-4+. The molecule has 0 atom stereocenters. The lowest BCUT2D eigenvalue weighted by molar-refractivity contribution is -0.107. The molecular formula is C24H25FN4O2. The molecule has 31 heavy (non-hydrogen) atoms. The molecule has 0 bridgehead atoms. The molecular weight excluding hydrogens is 395 g/mol. The van der Waals surface area contributed by atoms with Gasteiger partial charge in [-0.25, -0.2) is 9.37 Å². The summed E-state index contributed by atoms with van der Waals surface area (Å²) in [4.78, 5) is 22.2. The number of halogens is 1. The fraction of sp³-hybridized carbons (Fsp3) is 0.208. The Hall–Kier alpha value is -3.58. The maximum atomic E-state index is 13.4. The first-order valence-corrected chi connectivity index (χ1v) is 9.95. The highest BCUT2D eigenvalue weighted by Crippen LogP contribution is 2.25. The van der Waals surface area contributed by atoms with Gasteiger partial charge in [0.1, 0.15) is 5.82 Å². The van der Waals surface area contributed by atoms with Crippen LogP contribution >= 0.6 is 0 Å². The van der Waals surface area contributed by atoms with Gasteiger partial charge in [0.15, 0.2) is 5.82 Å². The van der Waals surface area contributed by atoms with E-state index < -0.39 is 0 Å². The van der Waals surface area contributed by atoms with Gasteiger partial charge in [0.05, 0.1) is 24.5 Å². The lowest BCUT2D eigenvalue weighted by Gasteiger charge is -2.21. The molecule has 6 nitrogen and oxygen atoms in total. The molecule has 160 valence electrons. The summed E-state index contributed by atoms with van der Waals surface area (Å²) in [6, 6.07) is 14.0. The van der Waals surface area contributed by atoms with Gasteiger partial charge in [0.2, 0.25) is 6.41 Å². The number of methoxy groups -OCH3 is 1. The predicted octanol–water partition coefficient (Wildman–Crippen LogP) is 4.09. The van der Waals surface area contributed by atoms with Crippen LogP contribution in [0.4, 0.5) is 15.9 Å². The van der Waals surface area contributed by atoms with E-state index in [1.54, 1.807) is 30.5 Å². The van der Waals surface area contributed by atoms with Crippen LogP contribution in [-0.4, -0.2) is 36.6 Å². The molecule has 0 aliphatic rings. The van der Waals surface area contributed by atoms with E-state index in [2.05, 4.69) is 15.3 Å². The normalized spacial score (nSPS) is 10.9. The fourth-order valence-electron chi connectivity index (χ4n) is 3.07. The molecule has 0 aliphatic carbocycles. The van der Waals surface area contributed by atoms with Crippen LogP contribution < -0.4 is 10.2 Å². The Morgan fingerprint density at radius 1 is 1.16 bits per heavy atom. The van der Waals surface area contributed by atoms with Gasteiger partial charge in [-0.1, -0.05) is 24.3 Å². The number of carbonyl (C=O) groups excluding carboxylic acids is 1. The topological polar surface area (TPSA) is 67.3 Å². The SMILES string of the molecule is COC/C=C/c1ccc(N(C=O)Cc2cccnc2)c(NCCc2cccc(F)c2)n1. The van der Waals surface area contributed by atoms with Crippen LogP contribution in [0.15, 0.2) is 67.0 Å². The molecule has 0 saturated heterocycles. The first-order valence-electron chi connectivity index (χ1n) is 9.95. The quantitative estimate of drug-likeness (QED) is 0.473. The number of aromatic nitrogens is 2. The molecule has 3 rings (SSSR count). The van der Waals surface area contributed by atoms with Crippen molar-refractivity contribution in [3.63, 3.8) is 0 Å². The van der Waals surface area contributed by atoms with E-state index >= 15 is 0 Å². The third kappa shape index (κ3) is 6.72. The fourth-order valence-corrected chi connectivity index (χ4v) is 3.07. The van der Waals surface area contributed by atoms with Gasteiger partial charge in [-0.15, -0.1) is 0 Å². The zero-order valence-corrected chi connectivity index (χ0v) is 17.4. The summed E-state index contributed by atoms with van der Waals surface area (Å²) in [5.41, 5.74) is 3.18. The molecule has 0 saturated carbocycles. The summed E-state index contributed by atoms with van der Waals surface area (Å²) >= 11 is 0. The summed E-state index contributed by atoms with van der Waals surface area (Å²) in [5, 5.41) is 3.30. The van der Waals surface area contributed by atoms with Crippen molar-refractivity contribution in [2.75, 3.05) is 30.5 Å². The van der Waals surface area contributed by atoms with Gasteiger partial charge in [0, 0.05) is 26.0 Å². The van der Waals surface area contributed by atoms with Gasteiger partial charge in [-0.3, -0.25) is 9.78 Å². The number of amides is 1. The number of hydrogen-bond donors (Lipinski definition) is 1. The minimum absolute atomic E-state index is 0.259. The molecule has 7 heteroatoms. The molecule has 0 unspecified atom stereocenters. The van der Waals surface area contributed by atoms with E-state index in [1.807, 2.05) is 42.5 Å². The van der Waals surface area contributed by atoms with Crippen molar-refractivity contribution in [1.82, 2.24) is 9.97 Å². The van der Waals surface area contributed by atoms with Crippen LogP contribution in [0.5, 0.6) is 0 Å². The van der Waals surface area contributed by atoms with Crippen LogP contribution in [0.2, 0.25) is 0 Å². The average molecular weight is 420 g/mol. The van der Waals surface area contributed by atoms with Gasteiger partial charge >= 0.3 is 0 Å². The zero-order chi connectivity index (χ0) is 21.9. The first-order chi connectivity index (χ1) is 15.2. The Bertz CT molecular complexity index is 1010. The molecule has 3 aromatic rings. The van der Waals surface area contributed by atoms with Crippen molar-refractivity contribution in [2.24, 2.45) is 0 Å². The summed E-state index contributed by atoms with van der Waals surface area (Å²) in [7, 11) is 1.63. The largest absolute Gasteiger partial charge is 0.381 e. The molecule has 0 radical (unpaired) electrons. The molecule has 1 aromatic carbocycles. The summed E-state index contributed by atoms with van der Waals surface area (Å²) in [6.45, 7) is 1.39. The number of benzene rings is 1. The number of carbonyl (C=O) groups is 1. The first kappa shape index (κ1) is 22.1. The molecule has 0 fully saturated rings. The molecule has 0 spiro atoms. The van der Waals surface area contributed by atoms with E-state index in [9.17, 15) is 9.18 Å². The Kier molecular flexibility index (Phi) is 8.25. The highest BCUT2D eigenvalue weighted by Gasteiger charge is 2.13. The lowest BCUT2D eigenvalue weighted by Crippen LogP contribution is -2.23. The van der Waals surface area contributed by atoms with E-state index in [0.29, 0.717) is 37.6 Å². The molecule has 2 aromatic heterocycles. The number of ether oxygens (including phenoxy) is 1. The van der Waals surface area contributed by atoms with Crippen LogP contribution in [0.25, 0.3) is 6.08 Å². The average Bonchev–Trinajstić information content (AvgIpc) is 2.79. The Morgan fingerprint density at radius 3 is 2.77 bits per heavy atom. The number of anilines is 2. The monoisotopic (exact) mass is 420 g/mol. The molecule has 0 aliphatic heterocycles. The van der Waals surface area contributed by atoms with Crippen LogP contribution in [0, 0.1) is 5.82 Å². The van der Waals surface area contributed by atoms with Gasteiger partial charge in [0.25, 0.3) is 0 Å². The second-order valence-corrected chi connectivity index (χ2v) is 6.86. The van der Waals surface area contributed by atoms with Gasteiger partial charge in [-0.05, 0) is 54.0 Å². The summed E-state index contributed by atoms with van der Waals surface area (Å²) in [6.07, 6.45) is 8.54. The van der Waals surface area contributed by atoms with E-state index in [0.717, 1.165) is 23.2 Å². The van der Waals surface area contributed by atoms with E-state index in [4.69, 9.17) is 4.74 Å². The van der Waals surface area contributed by atoms with E-state index in [1.165, 1.54) is 12.1 Å². The summed E-state index contributed by atoms with van der Waals surface area (Å²) in [5.74, 6) is 0.317. The number of nitrogens with one attached hydrogen (secondary N) is 1. The Morgan fingerprint density at radius 2 is 2.03 bits per heavy atom. The second-order valence-electron chi connectivity index (χ2n) is 6.86. The Labute approximate surface area is 181 Å². The minimum Gasteiger partial charge on any atom is -0.381 e. The van der Waals surface area contributed by atoms with Gasteiger partial charge < -0.3 is 15.0 Å². The highest BCUT2D eigenvalue weighted by molar-refractivity contribution is 5.82. The van der Waals surface area contributed by atoms with Crippen molar-refractivity contribution in [3.05, 3.63) is 89.6 Å². The van der Waals surface area contributed by atoms with Crippen LogP contribution in [0.1, 0.15) is 16.8 Å². The van der Waals surface area contributed by atoms with Crippen molar-refractivity contribution in [2.45, 2.75) is 13.0 Å². The Balaban J connectivity index is 1.81. The zero-order valence-electron chi connectivity index (χ0n) is 17.4. The smallest absolute Gasteiger partial charge is 0.214 e. The third-order valence-corrected chi connectivity index (χ3v) is 4.55. The number of rotatable bonds is 11. The third-order valence-electron chi connectivity index (χ3n) is 4.55. The van der Waals surface area contributed by atoms with E-state index in [-0.39, 0.29) is 5.82 Å². The van der Waals surface area contributed by atoms with Gasteiger partial charge in [-0.2, -0.15) is 0 Å². The number of pyridine rings is 2. The second kappa shape index (κ2) is 11.6. The number of nitrogens with zero attached hydrogens (tertiary/aromatic N) is 3. The van der Waals surface area contributed by atoms with Crippen LogP contribution in [0.3, 0.4) is 0 Å².